The molecule has 340 valence electrons. The van der Waals surface area contributed by atoms with Crippen molar-refractivity contribution in [2.45, 2.75) is 6.92 Å². The first kappa shape index (κ1) is 45.7. The lowest BCUT2D eigenvalue weighted by Crippen LogP contribution is -1.98. The number of hydrogen-bond acceptors (Lipinski definition) is 7. The van der Waals surface area contributed by atoms with Gasteiger partial charge in [-0.25, -0.2) is 19.6 Å². The molecule has 0 saturated heterocycles. The minimum Gasteiger partial charge on any atom is -0.478 e. The zero-order valence-corrected chi connectivity index (χ0v) is 38.2. The van der Waals surface area contributed by atoms with Gasteiger partial charge >= 0.3 is 11.9 Å². The number of esters is 1. The van der Waals surface area contributed by atoms with Crippen LogP contribution in [-0.4, -0.2) is 33.6 Å². The number of carbonyl (C=O) groups is 2. The number of nitrogens with zero attached hydrogens (tertiary/aromatic N) is 2. The maximum absolute atomic E-state index is 11.9. The lowest BCUT2D eigenvalue weighted by atomic mass is 9.95. The molecule has 0 unspecified atom stereocenters. The van der Waals surface area contributed by atoms with Crippen molar-refractivity contribution >= 4 is 24.1 Å². The second kappa shape index (κ2) is 21.9. The Morgan fingerprint density at radius 1 is 0.429 bits per heavy atom. The van der Waals surface area contributed by atoms with E-state index in [-0.39, 0.29) is 5.97 Å². The van der Waals surface area contributed by atoms with Crippen LogP contribution in [0, 0.1) is 0 Å². The van der Waals surface area contributed by atoms with E-state index < -0.39 is 5.97 Å². The van der Waals surface area contributed by atoms with Crippen LogP contribution in [0.25, 0.3) is 102 Å². The van der Waals surface area contributed by atoms with E-state index >= 15 is 0 Å². The van der Waals surface area contributed by atoms with Crippen molar-refractivity contribution in [3.63, 3.8) is 0 Å². The van der Waals surface area contributed by atoms with Gasteiger partial charge in [0.05, 0.1) is 6.61 Å². The third-order valence-electron chi connectivity index (χ3n) is 11.3. The zero-order valence-electron chi connectivity index (χ0n) is 38.2. The highest BCUT2D eigenvalue weighted by Crippen LogP contribution is 2.42. The maximum Gasteiger partial charge on any atom is 0.330 e. The fourth-order valence-corrected chi connectivity index (χ4v) is 8.12. The minimum atomic E-state index is -0.990. The minimum absolute atomic E-state index is 0.339. The lowest BCUT2D eigenvalue weighted by Gasteiger charge is -2.10. The van der Waals surface area contributed by atoms with Gasteiger partial charge in [0.15, 0.2) is 11.5 Å². The van der Waals surface area contributed by atoms with Crippen LogP contribution in [-0.2, 0) is 14.3 Å². The summed E-state index contributed by atoms with van der Waals surface area (Å²) >= 11 is 0. The number of ether oxygens (including phenoxy) is 1. The van der Waals surface area contributed by atoms with E-state index in [1.807, 2.05) is 218 Å². The molecule has 10 rings (SSSR count). The molecule has 0 fully saturated rings. The van der Waals surface area contributed by atoms with E-state index in [1.165, 1.54) is 6.08 Å². The van der Waals surface area contributed by atoms with Crippen molar-refractivity contribution < 1.29 is 28.3 Å². The first-order valence-corrected chi connectivity index (χ1v) is 22.8. The number of carboxylic acids is 1. The topological polar surface area (TPSA) is 116 Å². The molecule has 0 radical (unpaired) electrons. The molecule has 0 aliphatic heterocycles. The standard InChI is InChI=1S/C32H25NO3.C30H21NO3/c1-2-35-29(34)22-21-23-13-9-10-18-26(23)27-19-11-12-20-28(27)32-33-30(24-14-5-3-6-15-24)31(36-32)25-16-7-4-8-17-25;32-27(33)20-19-21-11-7-8-16-24(21)25-17-9-10-18-26(25)30-31-28(22-12-3-1-4-13-22)29(34-30)23-14-5-2-6-15-23/h3-22H,2H2,1H3;1-20H,(H,32,33)/b22-21+;20-19+. The molecule has 0 atom stereocenters. The molecule has 0 saturated carbocycles. The van der Waals surface area contributed by atoms with Gasteiger partial charge in [0.1, 0.15) is 11.4 Å². The number of aliphatic carboxylic acids is 1. The van der Waals surface area contributed by atoms with Crippen molar-refractivity contribution in [1.82, 2.24) is 9.97 Å². The quantitative estimate of drug-likeness (QED) is 0.0898. The summed E-state index contributed by atoms with van der Waals surface area (Å²) in [6, 6.07) is 71.5. The van der Waals surface area contributed by atoms with Gasteiger partial charge in [-0.15, -0.1) is 0 Å². The summed E-state index contributed by atoms with van der Waals surface area (Å²) in [5.41, 5.74) is 12.6. The van der Waals surface area contributed by atoms with Gasteiger partial charge < -0.3 is 18.7 Å². The molecule has 10 aromatic rings. The highest BCUT2D eigenvalue weighted by Gasteiger charge is 2.22. The van der Waals surface area contributed by atoms with E-state index in [2.05, 4.69) is 0 Å². The SMILES string of the molecule is CCOC(=O)/C=C/c1ccccc1-c1ccccc1-c1nc(-c2ccccc2)c(-c2ccccc2)o1.O=C(O)/C=C/c1ccccc1-c1ccccc1-c1nc(-c2ccccc2)c(-c2ccccc2)o1. The fourth-order valence-electron chi connectivity index (χ4n) is 8.12. The number of benzene rings is 8. The first-order chi connectivity index (χ1) is 34.4. The van der Waals surface area contributed by atoms with Crippen LogP contribution < -0.4 is 0 Å². The summed E-state index contributed by atoms with van der Waals surface area (Å²) in [5.74, 6) is 1.11. The molecule has 8 aromatic carbocycles. The monoisotopic (exact) mass is 914 g/mol. The smallest absolute Gasteiger partial charge is 0.330 e. The van der Waals surface area contributed by atoms with E-state index in [0.717, 1.165) is 90.0 Å². The summed E-state index contributed by atoms with van der Waals surface area (Å²) in [7, 11) is 0. The summed E-state index contributed by atoms with van der Waals surface area (Å²) < 4.78 is 17.9. The Morgan fingerprint density at radius 2 is 0.757 bits per heavy atom. The van der Waals surface area contributed by atoms with Crippen LogP contribution in [0.5, 0.6) is 0 Å². The molecule has 70 heavy (non-hydrogen) atoms. The van der Waals surface area contributed by atoms with Crippen LogP contribution >= 0.6 is 0 Å². The Bertz CT molecular complexity index is 3320. The fraction of sp³-hybridized carbons (Fsp3) is 0.0323. The third-order valence-corrected chi connectivity index (χ3v) is 11.3. The van der Waals surface area contributed by atoms with Crippen LogP contribution in [0.2, 0.25) is 0 Å². The number of rotatable bonds is 13. The van der Waals surface area contributed by atoms with Crippen molar-refractivity contribution in [1.29, 1.82) is 0 Å². The van der Waals surface area contributed by atoms with Gasteiger partial charge in [-0.1, -0.05) is 206 Å². The molecule has 1 N–H and O–H groups in total. The van der Waals surface area contributed by atoms with Crippen LogP contribution in [0.3, 0.4) is 0 Å². The van der Waals surface area contributed by atoms with Gasteiger partial charge in [-0.05, 0) is 64.6 Å². The number of carboxylic acid groups (broad SMARTS) is 1. The molecule has 0 amide bonds. The molecule has 0 aliphatic rings. The Hall–Kier alpha value is -9.40. The van der Waals surface area contributed by atoms with E-state index in [1.54, 1.807) is 19.1 Å². The zero-order chi connectivity index (χ0) is 48.1. The Balaban J connectivity index is 0.000000174. The van der Waals surface area contributed by atoms with Crippen molar-refractivity contribution in [3.05, 3.63) is 242 Å². The summed E-state index contributed by atoms with van der Waals surface area (Å²) in [6.07, 6.45) is 5.99. The molecular formula is C62H46N2O6. The number of oxazole rings is 2. The predicted molar refractivity (Wildman–Crippen MR) is 279 cm³/mol. The van der Waals surface area contributed by atoms with Crippen molar-refractivity contribution in [2.24, 2.45) is 0 Å². The Morgan fingerprint density at radius 3 is 1.14 bits per heavy atom. The van der Waals surface area contributed by atoms with E-state index in [0.29, 0.717) is 24.1 Å². The molecule has 8 heteroatoms. The second-order valence-electron chi connectivity index (χ2n) is 15.9. The Kier molecular flexibility index (Phi) is 14.3. The normalized spacial score (nSPS) is 11.0. The highest BCUT2D eigenvalue weighted by molar-refractivity contribution is 5.93. The number of aromatic nitrogens is 2. The molecule has 0 bridgehead atoms. The van der Waals surface area contributed by atoms with E-state index in [9.17, 15) is 9.59 Å². The molecular weight excluding hydrogens is 869 g/mol. The third kappa shape index (κ3) is 10.6. The lowest BCUT2D eigenvalue weighted by molar-refractivity contribution is -0.137. The first-order valence-electron chi connectivity index (χ1n) is 22.8. The number of hydrogen-bond donors (Lipinski definition) is 1. The van der Waals surface area contributed by atoms with Gasteiger partial charge in [-0.2, -0.15) is 0 Å². The van der Waals surface area contributed by atoms with Crippen molar-refractivity contribution in [2.75, 3.05) is 6.61 Å². The molecule has 0 spiro atoms. The van der Waals surface area contributed by atoms with Crippen LogP contribution in [0.15, 0.2) is 239 Å². The van der Waals surface area contributed by atoms with Crippen molar-refractivity contribution in [3.8, 4) is 90.3 Å². The predicted octanol–water partition coefficient (Wildman–Crippen LogP) is 15.4. The summed E-state index contributed by atoms with van der Waals surface area (Å²) in [4.78, 5) is 33.0. The second-order valence-corrected chi connectivity index (χ2v) is 15.9. The molecule has 8 nitrogen and oxygen atoms in total. The Labute approximate surface area is 406 Å². The van der Waals surface area contributed by atoms with Gasteiger partial charge in [-0.3, -0.25) is 0 Å². The largest absolute Gasteiger partial charge is 0.478 e. The van der Waals surface area contributed by atoms with Gasteiger partial charge in [0.25, 0.3) is 0 Å². The molecule has 0 aliphatic carbocycles. The molecule has 2 heterocycles. The van der Waals surface area contributed by atoms with E-state index in [4.69, 9.17) is 28.6 Å². The molecule has 2 aromatic heterocycles. The number of carbonyl (C=O) groups excluding carboxylic acids is 1. The van der Waals surface area contributed by atoms with Crippen LogP contribution in [0.1, 0.15) is 18.1 Å². The summed E-state index contributed by atoms with van der Waals surface area (Å²) in [5, 5.41) is 9.11. The summed E-state index contributed by atoms with van der Waals surface area (Å²) in [6.45, 7) is 2.13. The average molecular weight is 915 g/mol. The van der Waals surface area contributed by atoms with Crippen LogP contribution in [0.4, 0.5) is 0 Å². The van der Waals surface area contributed by atoms with Gasteiger partial charge in [0, 0.05) is 45.5 Å². The average Bonchev–Trinajstić information content (AvgIpc) is 4.08. The maximum atomic E-state index is 11.9. The van der Waals surface area contributed by atoms with Gasteiger partial charge in [0.2, 0.25) is 11.8 Å². The highest BCUT2D eigenvalue weighted by atomic mass is 16.5.